The van der Waals surface area contributed by atoms with Gasteiger partial charge >= 0.3 is 29.9 Å². The lowest BCUT2D eigenvalue weighted by Crippen LogP contribution is -2.66. The van der Waals surface area contributed by atoms with Gasteiger partial charge in [-0.1, -0.05) is 23.7 Å². The van der Waals surface area contributed by atoms with Crippen molar-refractivity contribution in [1.29, 1.82) is 0 Å². The van der Waals surface area contributed by atoms with Crippen LogP contribution in [0.1, 0.15) is 18.1 Å². The van der Waals surface area contributed by atoms with Crippen LogP contribution in [-0.2, 0) is 4.74 Å². The molecule has 1 nitrogen and oxygen atoms in total. The fourth-order valence-electron chi connectivity index (χ4n) is 1.98. The van der Waals surface area contributed by atoms with Crippen LogP contribution >= 0.6 is 11.6 Å². The van der Waals surface area contributed by atoms with Crippen LogP contribution < -0.4 is 0 Å². The average Bonchev–Trinajstić information content (AvgIpc) is 2.51. The summed E-state index contributed by atoms with van der Waals surface area (Å²) in [5.74, 6) is -27.9. The van der Waals surface area contributed by atoms with E-state index in [1.54, 1.807) is 0 Å². The summed E-state index contributed by atoms with van der Waals surface area (Å²) in [6.07, 6.45) is -11.5. The zero-order valence-electron chi connectivity index (χ0n) is 13.0. The number of rotatable bonds is 7. The van der Waals surface area contributed by atoms with Crippen molar-refractivity contribution in [3.8, 4) is 0 Å². The van der Waals surface area contributed by atoms with Gasteiger partial charge in [-0.05, 0) is 17.7 Å². The molecule has 13 heteroatoms. The van der Waals surface area contributed by atoms with E-state index in [0.717, 1.165) is 31.4 Å². The Hall–Kier alpha value is -1.30. The molecule has 1 aromatic rings. The first-order valence-electron chi connectivity index (χ1n) is 6.78. The monoisotopic (exact) mass is 438 g/mol. The second-order valence-corrected chi connectivity index (χ2v) is 5.84. The van der Waals surface area contributed by atoms with E-state index in [2.05, 4.69) is 4.74 Å². The van der Waals surface area contributed by atoms with E-state index in [9.17, 15) is 48.3 Å². The Balaban J connectivity index is 3.27. The van der Waals surface area contributed by atoms with Gasteiger partial charge in [0.25, 0.3) is 0 Å². The zero-order valence-corrected chi connectivity index (χ0v) is 13.8. The summed E-state index contributed by atoms with van der Waals surface area (Å²) in [4.78, 5) is 0. The van der Waals surface area contributed by atoms with Crippen LogP contribution in [0.25, 0.3) is 0 Å². The van der Waals surface area contributed by atoms with Gasteiger partial charge in [-0.15, -0.1) is 0 Å². The minimum absolute atomic E-state index is 0.0852. The fraction of sp³-hybridized carbons (Fsp3) is 0.571. The summed E-state index contributed by atoms with van der Waals surface area (Å²) in [6.45, 7) is 0. The number of hydrogen-bond donors (Lipinski definition) is 0. The molecule has 0 saturated heterocycles. The van der Waals surface area contributed by atoms with Crippen molar-refractivity contribution in [2.24, 2.45) is 0 Å². The summed E-state index contributed by atoms with van der Waals surface area (Å²) >= 11 is 5.52. The minimum Gasteiger partial charge on any atom is -0.377 e. The fourth-order valence-corrected chi connectivity index (χ4v) is 2.11. The molecular formula is C14H10ClF11O. The van der Waals surface area contributed by atoms with Crippen LogP contribution in [0.3, 0.4) is 0 Å². The molecule has 0 radical (unpaired) electrons. The van der Waals surface area contributed by atoms with E-state index in [4.69, 9.17) is 11.6 Å². The van der Waals surface area contributed by atoms with Crippen LogP contribution in [0.4, 0.5) is 48.3 Å². The summed E-state index contributed by atoms with van der Waals surface area (Å²) in [5, 5.41) is 0.0852. The molecule has 1 atom stereocenters. The Labute approximate surface area is 150 Å². The average molecular weight is 439 g/mol. The standard InChI is InChI=1S/C14H10ClF11O/c1-27-9(7-2-4-8(15)5-3-7)6-10(16,17)11(18,19)12(20,21)13(22,23)14(24,25)26/h2-5,9H,6H2,1H3. The molecule has 0 heterocycles. The largest absolute Gasteiger partial charge is 0.460 e. The van der Waals surface area contributed by atoms with Gasteiger partial charge in [-0.3, -0.25) is 0 Å². The zero-order chi connectivity index (χ0) is 21.5. The van der Waals surface area contributed by atoms with Crippen molar-refractivity contribution in [1.82, 2.24) is 0 Å². The maximum atomic E-state index is 13.8. The third kappa shape index (κ3) is 4.10. The Morgan fingerprint density at radius 3 is 1.59 bits per heavy atom. The van der Waals surface area contributed by atoms with Gasteiger partial charge in [-0.25, -0.2) is 0 Å². The summed E-state index contributed by atoms with van der Waals surface area (Å²) < 4.78 is 147. The molecule has 0 N–H and O–H groups in total. The number of benzene rings is 1. The molecule has 1 aromatic carbocycles. The molecule has 0 amide bonds. The SMILES string of the molecule is COC(CC(F)(F)C(F)(F)C(F)(F)C(F)(F)C(F)(F)F)c1ccc(Cl)cc1. The van der Waals surface area contributed by atoms with Crippen LogP contribution in [0.2, 0.25) is 5.02 Å². The molecule has 0 saturated carbocycles. The molecule has 1 rings (SSSR count). The van der Waals surface area contributed by atoms with E-state index in [0.29, 0.717) is 0 Å². The Bertz CT molecular complexity index is 639. The predicted octanol–water partition coefficient (Wildman–Crippen LogP) is 6.52. The molecule has 0 fully saturated rings. The van der Waals surface area contributed by atoms with Crippen LogP contribution in [0.15, 0.2) is 24.3 Å². The Kier molecular flexibility index (Phi) is 6.39. The van der Waals surface area contributed by atoms with Crippen molar-refractivity contribution >= 4 is 11.6 Å². The summed E-state index contributed by atoms with van der Waals surface area (Å²) in [6, 6.07) is 4.19. The number of methoxy groups -OCH3 is 1. The highest BCUT2D eigenvalue weighted by Gasteiger charge is 2.87. The van der Waals surface area contributed by atoms with Crippen LogP contribution in [0, 0.1) is 0 Å². The number of ether oxygens (including phenoxy) is 1. The highest BCUT2D eigenvalue weighted by molar-refractivity contribution is 6.30. The lowest BCUT2D eigenvalue weighted by Gasteiger charge is -2.38. The normalized spacial score (nSPS) is 15.7. The van der Waals surface area contributed by atoms with E-state index in [-0.39, 0.29) is 10.6 Å². The smallest absolute Gasteiger partial charge is 0.377 e. The van der Waals surface area contributed by atoms with Crippen molar-refractivity contribution < 1.29 is 53.0 Å². The van der Waals surface area contributed by atoms with E-state index in [1.165, 1.54) is 0 Å². The molecule has 0 aliphatic heterocycles. The molecule has 156 valence electrons. The minimum atomic E-state index is -7.43. The predicted molar refractivity (Wildman–Crippen MR) is 71.7 cm³/mol. The van der Waals surface area contributed by atoms with Crippen molar-refractivity contribution in [3.63, 3.8) is 0 Å². The first-order chi connectivity index (χ1) is 11.9. The molecule has 0 spiro atoms. The topological polar surface area (TPSA) is 9.23 Å². The molecule has 0 aromatic heterocycles. The lowest BCUT2D eigenvalue weighted by molar-refractivity contribution is -0.423. The molecule has 0 aliphatic rings. The molecule has 0 aliphatic carbocycles. The second kappa shape index (κ2) is 7.26. The highest BCUT2D eigenvalue weighted by Crippen LogP contribution is 2.58. The number of hydrogen-bond acceptors (Lipinski definition) is 1. The van der Waals surface area contributed by atoms with Gasteiger partial charge in [-0.2, -0.15) is 48.3 Å². The van der Waals surface area contributed by atoms with Gasteiger partial charge in [0.15, 0.2) is 0 Å². The Morgan fingerprint density at radius 1 is 0.778 bits per heavy atom. The maximum Gasteiger partial charge on any atom is 0.460 e. The van der Waals surface area contributed by atoms with Crippen molar-refractivity contribution in [2.45, 2.75) is 42.4 Å². The van der Waals surface area contributed by atoms with Crippen LogP contribution in [-0.4, -0.2) is 37.0 Å². The van der Waals surface area contributed by atoms with Gasteiger partial charge in [0.1, 0.15) is 0 Å². The molecule has 0 bridgehead atoms. The van der Waals surface area contributed by atoms with Gasteiger partial charge < -0.3 is 4.74 Å². The lowest BCUT2D eigenvalue weighted by atomic mass is 9.92. The maximum absolute atomic E-state index is 13.8. The third-order valence-electron chi connectivity index (χ3n) is 3.57. The van der Waals surface area contributed by atoms with Crippen molar-refractivity contribution in [3.05, 3.63) is 34.9 Å². The van der Waals surface area contributed by atoms with E-state index in [1.807, 2.05) is 0 Å². The number of alkyl halides is 11. The second-order valence-electron chi connectivity index (χ2n) is 5.41. The van der Waals surface area contributed by atoms with E-state index >= 15 is 0 Å². The first kappa shape index (κ1) is 23.7. The first-order valence-corrected chi connectivity index (χ1v) is 7.16. The molecule has 1 unspecified atom stereocenters. The number of halogens is 12. The Morgan fingerprint density at radius 2 is 1.22 bits per heavy atom. The summed E-state index contributed by atoms with van der Waals surface area (Å²) in [7, 11) is 0.718. The van der Waals surface area contributed by atoms with E-state index < -0.39 is 42.4 Å². The van der Waals surface area contributed by atoms with Gasteiger partial charge in [0, 0.05) is 18.6 Å². The quantitative estimate of drug-likeness (QED) is 0.440. The van der Waals surface area contributed by atoms with Gasteiger partial charge in [0.2, 0.25) is 0 Å². The molecule has 27 heavy (non-hydrogen) atoms. The van der Waals surface area contributed by atoms with Crippen molar-refractivity contribution in [2.75, 3.05) is 7.11 Å². The van der Waals surface area contributed by atoms with Crippen LogP contribution in [0.5, 0.6) is 0 Å². The third-order valence-corrected chi connectivity index (χ3v) is 3.82. The molecular weight excluding hydrogens is 429 g/mol. The van der Waals surface area contributed by atoms with Gasteiger partial charge in [0.05, 0.1) is 6.10 Å². The highest BCUT2D eigenvalue weighted by atomic mass is 35.5. The summed E-state index contributed by atoms with van der Waals surface area (Å²) in [5.41, 5.74) is -0.275.